The van der Waals surface area contributed by atoms with Gasteiger partial charge in [0, 0.05) is 22.7 Å². The molecule has 1 atom stereocenters. The number of hydrogen-bond donors (Lipinski definition) is 1. The molecule has 1 N–H and O–H groups in total. The number of hydrogen-bond acceptors (Lipinski definition) is 2. The second-order valence-electron chi connectivity index (χ2n) is 5.93. The van der Waals surface area contributed by atoms with Gasteiger partial charge in [0.15, 0.2) is 0 Å². The van der Waals surface area contributed by atoms with Gasteiger partial charge in [-0.1, -0.05) is 60.1 Å². The van der Waals surface area contributed by atoms with Crippen molar-refractivity contribution in [3.05, 3.63) is 77.3 Å². The Hall–Kier alpha value is -2.17. The number of carbonyl (C=O) groups is 1. The minimum Gasteiger partial charge on any atom is -0.308 e. The summed E-state index contributed by atoms with van der Waals surface area (Å²) in [5.41, 5.74) is 1.90. The van der Waals surface area contributed by atoms with Crippen LogP contribution in [-0.2, 0) is 0 Å². The molecule has 3 nitrogen and oxygen atoms in total. The van der Waals surface area contributed by atoms with E-state index in [1.165, 1.54) is 0 Å². The number of nitrogens with one attached hydrogen (secondary N) is 1. The van der Waals surface area contributed by atoms with E-state index < -0.39 is 0 Å². The molecule has 0 spiro atoms. The molecule has 1 fully saturated rings. The van der Waals surface area contributed by atoms with E-state index in [2.05, 4.69) is 5.32 Å². The Balaban J connectivity index is 1.59. The molecule has 1 aliphatic heterocycles. The zero-order valence-corrected chi connectivity index (χ0v) is 15.1. The van der Waals surface area contributed by atoms with Crippen LogP contribution in [-0.4, -0.2) is 23.2 Å². The number of thioether (sulfide) groups is 1. The molecule has 3 aromatic carbocycles. The first-order valence-corrected chi connectivity index (χ1v) is 9.57. The van der Waals surface area contributed by atoms with Gasteiger partial charge in [-0.25, -0.2) is 4.79 Å². The van der Waals surface area contributed by atoms with E-state index >= 15 is 0 Å². The molecule has 0 unspecified atom stereocenters. The molecule has 25 heavy (non-hydrogen) atoms. The second-order valence-corrected chi connectivity index (χ2v) is 7.55. The largest absolute Gasteiger partial charge is 0.323 e. The summed E-state index contributed by atoms with van der Waals surface area (Å²) in [5, 5.41) is 5.93. The first-order chi connectivity index (χ1) is 12.2. The Morgan fingerprint density at radius 1 is 1.08 bits per heavy atom. The molecule has 2 amide bonds. The molecule has 1 heterocycles. The standard InChI is InChI=1S/C20H17ClN2OS/c21-16-8-3-7-15(13-16)19-23(11-12-25-19)20(24)22-18-10-4-6-14-5-1-2-9-17(14)18/h1-10,13,19H,11-12H2,(H,22,24)/t19-/m0/s1. The van der Waals surface area contributed by atoms with Gasteiger partial charge in [0.25, 0.3) is 0 Å². The topological polar surface area (TPSA) is 32.3 Å². The van der Waals surface area contributed by atoms with Crippen LogP contribution in [0.3, 0.4) is 0 Å². The van der Waals surface area contributed by atoms with E-state index in [9.17, 15) is 4.79 Å². The first-order valence-electron chi connectivity index (χ1n) is 8.15. The monoisotopic (exact) mass is 368 g/mol. The average Bonchev–Trinajstić information content (AvgIpc) is 3.12. The van der Waals surface area contributed by atoms with E-state index in [1.54, 1.807) is 11.8 Å². The van der Waals surface area contributed by atoms with Crippen LogP contribution in [0.1, 0.15) is 10.9 Å². The van der Waals surface area contributed by atoms with Gasteiger partial charge in [-0.2, -0.15) is 0 Å². The summed E-state index contributed by atoms with van der Waals surface area (Å²) >= 11 is 7.88. The van der Waals surface area contributed by atoms with Crippen LogP contribution in [0.15, 0.2) is 66.7 Å². The second kappa shape index (κ2) is 6.98. The maximum atomic E-state index is 12.9. The van der Waals surface area contributed by atoms with E-state index in [4.69, 9.17) is 11.6 Å². The molecule has 0 saturated carbocycles. The van der Waals surface area contributed by atoms with Crippen molar-refractivity contribution in [2.75, 3.05) is 17.6 Å². The molecule has 126 valence electrons. The van der Waals surface area contributed by atoms with Crippen LogP contribution in [0.5, 0.6) is 0 Å². The molecule has 3 aromatic rings. The Morgan fingerprint density at radius 3 is 2.76 bits per heavy atom. The van der Waals surface area contributed by atoms with E-state index in [-0.39, 0.29) is 11.4 Å². The van der Waals surface area contributed by atoms with Gasteiger partial charge in [-0.3, -0.25) is 0 Å². The van der Waals surface area contributed by atoms with Crippen molar-refractivity contribution in [1.29, 1.82) is 0 Å². The third-order valence-electron chi connectivity index (χ3n) is 4.32. The van der Waals surface area contributed by atoms with Gasteiger partial charge in [0.1, 0.15) is 5.37 Å². The van der Waals surface area contributed by atoms with Crippen molar-refractivity contribution in [3.8, 4) is 0 Å². The van der Waals surface area contributed by atoms with Crippen molar-refractivity contribution >= 4 is 45.9 Å². The van der Waals surface area contributed by atoms with Gasteiger partial charge >= 0.3 is 6.03 Å². The van der Waals surface area contributed by atoms with Crippen LogP contribution >= 0.6 is 23.4 Å². The third-order valence-corrected chi connectivity index (χ3v) is 5.81. The molecular formula is C20H17ClN2OS. The van der Waals surface area contributed by atoms with Crippen molar-refractivity contribution in [2.24, 2.45) is 0 Å². The predicted molar refractivity (Wildman–Crippen MR) is 106 cm³/mol. The third kappa shape index (κ3) is 3.32. The van der Waals surface area contributed by atoms with Gasteiger partial charge in [-0.15, -0.1) is 11.8 Å². The SMILES string of the molecule is O=C(Nc1cccc2ccccc12)N1CCS[C@H]1c1cccc(Cl)c1. The van der Waals surface area contributed by atoms with Crippen molar-refractivity contribution < 1.29 is 4.79 Å². The van der Waals surface area contributed by atoms with Crippen LogP contribution in [0.2, 0.25) is 5.02 Å². The highest BCUT2D eigenvalue weighted by molar-refractivity contribution is 7.99. The Morgan fingerprint density at radius 2 is 1.88 bits per heavy atom. The fourth-order valence-electron chi connectivity index (χ4n) is 3.14. The maximum absolute atomic E-state index is 12.9. The highest BCUT2D eigenvalue weighted by Gasteiger charge is 2.31. The Kier molecular flexibility index (Phi) is 4.55. The molecular weight excluding hydrogens is 352 g/mol. The molecule has 1 saturated heterocycles. The predicted octanol–water partition coefficient (Wildman–Crippen LogP) is 5.77. The minimum atomic E-state index is -0.0775. The minimum absolute atomic E-state index is 0.00586. The van der Waals surface area contributed by atoms with Gasteiger partial charge in [0.2, 0.25) is 0 Å². The molecule has 4 rings (SSSR count). The lowest BCUT2D eigenvalue weighted by atomic mass is 10.1. The van der Waals surface area contributed by atoms with E-state index in [0.717, 1.165) is 34.3 Å². The lowest BCUT2D eigenvalue weighted by molar-refractivity contribution is 0.214. The number of anilines is 1. The van der Waals surface area contributed by atoms with Crippen LogP contribution in [0, 0.1) is 0 Å². The summed E-state index contributed by atoms with van der Waals surface area (Å²) in [6, 6.07) is 21.7. The molecule has 0 bridgehead atoms. The van der Waals surface area contributed by atoms with E-state index in [1.807, 2.05) is 71.6 Å². The molecule has 1 aliphatic rings. The Bertz CT molecular complexity index is 925. The summed E-state index contributed by atoms with van der Waals surface area (Å²) in [7, 11) is 0. The number of rotatable bonds is 2. The zero-order valence-electron chi connectivity index (χ0n) is 13.5. The molecule has 0 radical (unpaired) electrons. The average molecular weight is 369 g/mol. The van der Waals surface area contributed by atoms with E-state index in [0.29, 0.717) is 5.02 Å². The van der Waals surface area contributed by atoms with Crippen molar-refractivity contribution in [2.45, 2.75) is 5.37 Å². The number of benzene rings is 3. The number of fused-ring (bicyclic) bond motifs is 1. The van der Waals surface area contributed by atoms with Gasteiger partial charge < -0.3 is 10.2 Å². The van der Waals surface area contributed by atoms with Crippen molar-refractivity contribution in [3.63, 3.8) is 0 Å². The number of carbonyl (C=O) groups excluding carboxylic acids is 1. The fraction of sp³-hybridized carbons (Fsp3) is 0.150. The highest BCUT2D eigenvalue weighted by Crippen LogP contribution is 2.39. The fourth-order valence-corrected chi connectivity index (χ4v) is 4.58. The summed E-state index contributed by atoms with van der Waals surface area (Å²) < 4.78 is 0. The quantitative estimate of drug-likeness (QED) is 0.622. The Labute approximate surface area is 156 Å². The van der Waals surface area contributed by atoms with Crippen LogP contribution in [0.25, 0.3) is 10.8 Å². The normalized spacial score (nSPS) is 17.0. The van der Waals surface area contributed by atoms with Crippen LogP contribution < -0.4 is 5.32 Å². The number of nitrogens with zero attached hydrogens (tertiary/aromatic N) is 1. The smallest absolute Gasteiger partial charge is 0.308 e. The van der Waals surface area contributed by atoms with Crippen LogP contribution in [0.4, 0.5) is 10.5 Å². The highest BCUT2D eigenvalue weighted by atomic mass is 35.5. The zero-order chi connectivity index (χ0) is 17.2. The summed E-state index contributed by atoms with van der Waals surface area (Å²) in [6.45, 7) is 0.721. The van der Waals surface area contributed by atoms with Gasteiger partial charge in [-0.05, 0) is 29.1 Å². The first kappa shape index (κ1) is 16.3. The lowest BCUT2D eigenvalue weighted by Gasteiger charge is -2.25. The number of amides is 2. The number of urea groups is 1. The summed E-state index contributed by atoms with van der Waals surface area (Å²) in [5.74, 6) is 0.917. The van der Waals surface area contributed by atoms with Crippen molar-refractivity contribution in [1.82, 2.24) is 4.90 Å². The van der Waals surface area contributed by atoms with Gasteiger partial charge in [0.05, 0.1) is 5.69 Å². The summed E-state index contributed by atoms with van der Waals surface area (Å²) in [4.78, 5) is 14.8. The molecule has 5 heteroatoms. The molecule has 0 aliphatic carbocycles. The molecule has 0 aromatic heterocycles. The summed E-state index contributed by atoms with van der Waals surface area (Å²) in [6.07, 6.45) is 0. The lowest BCUT2D eigenvalue weighted by Crippen LogP contribution is -2.34. The number of halogens is 1. The maximum Gasteiger partial charge on any atom is 0.323 e.